The number of benzene rings is 1. The number of rotatable bonds is 5. The molecule has 1 N–H and O–H groups in total. The molecule has 0 spiro atoms. The summed E-state index contributed by atoms with van der Waals surface area (Å²) in [6, 6.07) is 5.94. The zero-order valence-electron chi connectivity index (χ0n) is 9.37. The van der Waals surface area contributed by atoms with Gasteiger partial charge in [0.25, 0.3) is 0 Å². The summed E-state index contributed by atoms with van der Waals surface area (Å²) in [6.07, 6.45) is 0.236. The van der Waals surface area contributed by atoms with Gasteiger partial charge in [-0.15, -0.1) is 0 Å². The molecule has 3 nitrogen and oxygen atoms in total. The summed E-state index contributed by atoms with van der Waals surface area (Å²) >= 11 is 0. The van der Waals surface area contributed by atoms with Gasteiger partial charge in [-0.1, -0.05) is 18.2 Å². The summed E-state index contributed by atoms with van der Waals surface area (Å²) in [4.78, 5) is 11.3. The highest BCUT2D eigenvalue weighted by molar-refractivity contribution is 5.80. The molecule has 0 amide bonds. The molecular formula is C12H15FO3. The minimum absolute atomic E-state index is 0.194. The normalized spacial score (nSPS) is 14.4. The van der Waals surface area contributed by atoms with E-state index in [0.717, 1.165) is 0 Å². The van der Waals surface area contributed by atoms with Gasteiger partial charge in [0.2, 0.25) is 0 Å². The highest BCUT2D eigenvalue weighted by atomic mass is 19.1. The van der Waals surface area contributed by atoms with Crippen LogP contribution >= 0.6 is 0 Å². The number of ether oxygens (including phenoxy) is 1. The van der Waals surface area contributed by atoms with E-state index in [1.807, 2.05) is 0 Å². The van der Waals surface area contributed by atoms with Crippen LogP contribution in [0.2, 0.25) is 0 Å². The van der Waals surface area contributed by atoms with Crippen LogP contribution in [-0.2, 0) is 14.9 Å². The van der Waals surface area contributed by atoms with Crippen LogP contribution in [0.25, 0.3) is 0 Å². The van der Waals surface area contributed by atoms with E-state index < -0.39 is 17.2 Å². The lowest BCUT2D eigenvalue weighted by molar-refractivity contribution is -0.144. The first-order chi connectivity index (χ1) is 7.52. The second-order valence-corrected chi connectivity index (χ2v) is 3.86. The molecule has 0 aliphatic rings. The Morgan fingerprint density at radius 1 is 1.50 bits per heavy atom. The van der Waals surface area contributed by atoms with Crippen molar-refractivity contribution in [1.82, 2.24) is 0 Å². The van der Waals surface area contributed by atoms with Crippen LogP contribution in [-0.4, -0.2) is 24.8 Å². The predicted octanol–water partition coefficient (Wildman–Crippen LogP) is 2.20. The lowest BCUT2D eigenvalue weighted by atomic mass is 9.79. The minimum Gasteiger partial charge on any atom is -0.481 e. The SMILES string of the molecule is COCCC(C)(C(=O)O)c1ccccc1F. The number of carboxylic acid groups (broad SMARTS) is 1. The molecule has 1 rings (SSSR count). The molecule has 1 unspecified atom stereocenters. The van der Waals surface area contributed by atoms with Gasteiger partial charge in [-0.2, -0.15) is 0 Å². The number of carboxylic acids is 1. The first-order valence-corrected chi connectivity index (χ1v) is 4.99. The molecule has 0 aromatic heterocycles. The smallest absolute Gasteiger partial charge is 0.314 e. The molecule has 16 heavy (non-hydrogen) atoms. The van der Waals surface area contributed by atoms with Crippen molar-refractivity contribution in [1.29, 1.82) is 0 Å². The number of methoxy groups -OCH3 is 1. The van der Waals surface area contributed by atoms with Gasteiger partial charge in [-0.3, -0.25) is 4.79 Å². The monoisotopic (exact) mass is 226 g/mol. The lowest BCUT2D eigenvalue weighted by Gasteiger charge is -2.25. The van der Waals surface area contributed by atoms with Gasteiger partial charge >= 0.3 is 5.97 Å². The maximum Gasteiger partial charge on any atom is 0.314 e. The summed E-state index contributed by atoms with van der Waals surface area (Å²) in [7, 11) is 1.49. The Labute approximate surface area is 93.9 Å². The average molecular weight is 226 g/mol. The Bertz CT molecular complexity index is 378. The van der Waals surface area contributed by atoms with Crippen LogP contribution in [0.15, 0.2) is 24.3 Å². The molecule has 1 aromatic rings. The van der Waals surface area contributed by atoms with Crippen LogP contribution in [0.5, 0.6) is 0 Å². The highest BCUT2D eigenvalue weighted by Crippen LogP contribution is 2.30. The maximum absolute atomic E-state index is 13.6. The topological polar surface area (TPSA) is 46.5 Å². The standard InChI is InChI=1S/C12H15FO3/c1-12(11(14)15,7-8-16-2)9-5-3-4-6-10(9)13/h3-6H,7-8H2,1-2H3,(H,14,15). The number of aliphatic carboxylic acids is 1. The molecule has 0 radical (unpaired) electrons. The van der Waals surface area contributed by atoms with Crippen LogP contribution in [0.3, 0.4) is 0 Å². The predicted molar refractivity (Wildman–Crippen MR) is 57.9 cm³/mol. The van der Waals surface area contributed by atoms with Crippen molar-refractivity contribution in [2.24, 2.45) is 0 Å². The quantitative estimate of drug-likeness (QED) is 0.837. The number of halogens is 1. The molecule has 0 saturated heterocycles. The molecule has 0 saturated carbocycles. The highest BCUT2D eigenvalue weighted by Gasteiger charge is 2.36. The Hall–Kier alpha value is -1.42. The summed E-state index contributed by atoms with van der Waals surface area (Å²) in [5.41, 5.74) is -1.05. The van der Waals surface area contributed by atoms with Gasteiger partial charge in [-0.05, 0) is 19.4 Å². The maximum atomic E-state index is 13.6. The van der Waals surface area contributed by atoms with Crippen LogP contribution < -0.4 is 0 Å². The zero-order valence-corrected chi connectivity index (χ0v) is 9.37. The van der Waals surface area contributed by atoms with Gasteiger partial charge in [-0.25, -0.2) is 4.39 Å². The van der Waals surface area contributed by atoms with E-state index in [4.69, 9.17) is 4.74 Å². The third-order valence-corrected chi connectivity index (χ3v) is 2.75. The molecule has 88 valence electrons. The van der Waals surface area contributed by atoms with Crippen molar-refractivity contribution in [2.75, 3.05) is 13.7 Å². The molecule has 0 heterocycles. The molecule has 1 aromatic carbocycles. The third kappa shape index (κ3) is 2.39. The van der Waals surface area contributed by atoms with Crippen LogP contribution in [0.4, 0.5) is 4.39 Å². The summed E-state index contributed by atoms with van der Waals surface area (Å²) in [5, 5.41) is 9.21. The van der Waals surface area contributed by atoms with E-state index in [-0.39, 0.29) is 18.6 Å². The van der Waals surface area contributed by atoms with E-state index in [2.05, 4.69) is 0 Å². The van der Waals surface area contributed by atoms with Crippen LogP contribution in [0.1, 0.15) is 18.9 Å². The van der Waals surface area contributed by atoms with Gasteiger partial charge in [0.15, 0.2) is 0 Å². The largest absolute Gasteiger partial charge is 0.481 e. The van der Waals surface area contributed by atoms with Gasteiger partial charge < -0.3 is 9.84 Å². The minimum atomic E-state index is -1.25. The third-order valence-electron chi connectivity index (χ3n) is 2.75. The Kier molecular flexibility index (Phi) is 4.01. The summed E-state index contributed by atoms with van der Waals surface area (Å²) in [5.74, 6) is -1.54. The summed E-state index contributed by atoms with van der Waals surface area (Å²) in [6.45, 7) is 1.78. The van der Waals surface area contributed by atoms with Crippen molar-refractivity contribution in [3.63, 3.8) is 0 Å². The first kappa shape index (κ1) is 12.6. The van der Waals surface area contributed by atoms with Crippen molar-refractivity contribution in [3.8, 4) is 0 Å². The van der Waals surface area contributed by atoms with Gasteiger partial charge in [0.05, 0.1) is 5.41 Å². The molecule has 4 heteroatoms. The Morgan fingerprint density at radius 3 is 2.62 bits per heavy atom. The molecule has 0 aliphatic heterocycles. The van der Waals surface area contributed by atoms with Gasteiger partial charge in [0, 0.05) is 19.3 Å². The number of hydrogen-bond donors (Lipinski definition) is 1. The molecular weight excluding hydrogens is 211 g/mol. The van der Waals surface area contributed by atoms with Gasteiger partial charge in [0.1, 0.15) is 5.82 Å². The summed E-state index contributed by atoms with van der Waals surface area (Å²) < 4.78 is 18.4. The first-order valence-electron chi connectivity index (χ1n) is 4.99. The average Bonchev–Trinajstić information content (AvgIpc) is 2.26. The fourth-order valence-electron chi connectivity index (χ4n) is 1.57. The van der Waals surface area contributed by atoms with Crippen molar-refractivity contribution in [2.45, 2.75) is 18.8 Å². The fraction of sp³-hybridized carbons (Fsp3) is 0.417. The van der Waals surface area contributed by atoms with E-state index in [1.165, 1.54) is 32.2 Å². The van der Waals surface area contributed by atoms with Crippen molar-refractivity contribution >= 4 is 5.97 Å². The number of hydrogen-bond acceptors (Lipinski definition) is 2. The second-order valence-electron chi connectivity index (χ2n) is 3.86. The number of carbonyl (C=O) groups is 1. The van der Waals surface area contributed by atoms with Crippen molar-refractivity contribution < 1.29 is 19.0 Å². The van der Waals surface area contributed by atoms with E-state index in [9.17, 15) is 14.3 Å². The molecule has 0 fully saturated rings. The lowest BCUT2D eigenvalue weighted by Crippen LogP contribution is -2.34. The zero-order chi connectivity index (χ0) is 12.2. The van der Waals surface area contributed by atoms with Crippen LogP contribution in [0, 0.1) is 5.82 Å². The van der Waals surface area contributed by atoms with E-state index >= 15 is 0 Å². The van der Waals surface area contributed by atoms with E-state index in [0.29, 0.717) is 0 Å². The Morgan fingerprint density at radius 2 is 2.12 bits per heavy atom. The molecule has 0 aliphatic carbocycles. The van der Waals surface area contributed by atoms with E-state index in [1.54, 1.807) is 6.07 Å². The Balaban J connectivity index is 3.11. The van der Waals surface area contributed by atoms with Crippen molar-refractivity contribution in [3.05, 3.63) is 35.6 Å². The second kappa shape index (κ2) is 5.07. The molecule has 0 bridgehead atoms. The molecule has 1 atom stereocenters. The fourth-order valence-corrected chi connectivity index (χ4v) is 1.57.